The summed E-state index contributed by atoms with van der Waals surface area (Å²) in [5.74, 6) is 0. The molecule has 0 nitrogen and oxygen atoms in total. The third-order valence-electron chi connectivity index (χ3n) is 1.16. The quantitative estimate of drug-likeness (QED) is 0.423. The molecule has 48 valence electrons. The summed E-state index contributed by atoms with van der Waals surface area (Å²) in [7, 11) is 0. The molecule has 0 aromatic heterocycles. The van der Waals surface area contributed by atoms with Gasteiger partial charge in [-0.3, -0.25) is 0 Å². The first-order valence-corrected chi connectivity index (χ1v) is 4.01. The molecule has 0 amide bonds. The third-order valence-corrected chi connectivity index (χ3v) is 1.90. The number of hydrogen-bond donors (Lipinski definition) is 0. The predicted molar refractivity (Wildman–Crippen MR) is 42.7 cm³/mol. The van der Waals surface area contributed by atoms with Crippen molar-refractivity contribution in [1.82, 2.24) is 0 Å². The van der Waals surface area contributed by atoms with Crippen molar-refractivity contribution in [2.45, 2.75) is 4.90 Å². The number of benzene rings is 1. The standard InChI is InChI=1S/C8H9S/c1-7-3-5-8(9-2)6-4-7/h3-6H,1H2,2H3/q-1. The first kappa shape index (κ1) is 6.56. The summed E-state index contributed by atoms with van der Waals surface area (Å²) < 4.78 is 0. The van der Waals surface area contributed by atoms with Gasteiger partial charge in [-0.25, -0.2) is 0 Å². The summed E-state index contributed by atoms with van der Waals surface area (Å²) >= 11 is 1.75. The van der Waals surface area contributed by atoms with Crippen molar-refractivity contribution in [2.24, 2.45) is 0 Å². The highest BCUT2D eigenvalue weighted by molar-refractivity contribution is 7.98. The Kier molecular flexibility index (Phi) is 2.06. The minimum atomic E-state index is 1.08. The molecule has 0 fully saturated rings. The zero-order valence-electron chi connectivity index (χ0n) is 5.42. The Bertz CT molecular complexity index is 176. The average molecular weight is 137 g/mol. The zero-order chi connectivity index (χ0) is 6.69. The van der Waals surface area contributed by atoms with Crippen LogP contribution in [0.5, 0.6) is 0 Å². The smallest absolute Gasteiger partial charge is 0.0137 e. The van der Waals surface area contributed by atoms with E-state index < -0.39 is 0 Å². The Labute approximate surface area is 60.3 Å². The Balaban J connectivity index is 2.88. The lowest BCUT2D eigenvalue weighted by atomic mass is 10.2. The van der Waals surface area contributed by atoms with Crippen LogP contribution in [-0.2, 0) is 0 Å². The molecule has 0 aliphatic heterocycles. The van der Waals surface area contributed by atoms with Gasteiger partial charge in [0.1, 0.15) is 0 Å². The van der Waals surface area contributed by atoms with Gasteiger partial charge in [0.15, 0.2) is 0 Å². The van der Waals surface area contributed by atoms with Crippen LogP contribution in [0.25, 0.3) is 0 Å². The molecule has 0 heterocycles. The predicted octanol–water partition coefficient (Wildman–Crippen LogP) is 2.59. The minimum Gasteiger partial charge on any atom is -0.199 e. The van der Waals surface area contributed by atoms with Crippen LogP contribution in [0.2, 0.25) is 0 Å². The minimum absolute atomic E-state index is 1.08. The molecule has 1 aromatic rings. The van der Waals surface area contributed by atoms with Gasteiger partial charge in [0, 0.05) is 0 Å². The van der Waals surface area contributed by atoms with Gasteiger partial charge in [0.25, 0.3) is 0 Å². The van der Waals surface area contributed by atoms with Gasteiger partial charge in [0.2, 0.25) is 0 Å². The fourth-order valence-electron chi connectivity index (χ4n) is 0.626. The Morgan fingerprint density at radius 3 is 2.22 bits per heavy atom. The van der Waals surface area contributed by atoms with E-state index >= 15 is 0 Å². The second kappa shape index (κ2) is 2.83. The lowest BCUT2D eigenvalue weighted by molar-refractivity contribution is 1.44. The maximum Gasteiger partial charge on any atom is -0.0137 e. The van der Waals surface area contributed by atoms with E-state index in [4.69, 9.17) is 0 Å². The molecule has 9 heavy (non-hydrogen) atoms. The van der Waals surface area contributed by atoms with Gasteiger partial charge in [-0.2, -0.15) is 24.6 Å². The third kappa shape index (κ3) is 1.68. The van der Waals surface area contributed by atoms with Crippen LogP contribution in [0.15, 0.2) is 29.2 Å². The van der Waals surface area contributed by atoms with Gasteiger partial charge >= 0.3 is 0 Å². The van der Waals surface area contributed by atoms with E-state index in [9.17, 15) is 0 Å². The van der Waals surface area contributed by atoms with Crippen molar-refractivity contribution >= 4 is 11.8 Å². The number of hydrogen-bond acceptors (Lipinski definition) is 1. The molecule has 0 N–H and O–H groups in total. The largest absolute Gasteiger partial charge is 0.199 e. The maximum atomic E-state index is 3.79. The van der Waals surface area contributed by atoms with Crippen LogP contribution in [0, 0.1) is 6.92 Å². The molecule has 0 aliphatic carbocycles. The summed E-state index contributed by atoms with van der Waals surface area (Å²) in [6.45, 7) is 3.79. The highest BCUT2D eigenvalue weighted by Gasteiger charge is 1.79. The van der Waals surface area contributed by atoms with Crippen LogP contribution in [-0.4, -0.2) is 6.26 Å². The number of rotatable bonds is 1. The maximum absolute atomic E-state index is 3.79. The second-order valence-electron chi connectivity index (χ2n) is 1.85. The second-order valence-corrected chi connectivity index (χ2v) is 2.73. The SMILES string of the molecule is [CH2-]c1ccc(SC)cc1. The molecular formula is C8H9S-. The van der Waals surface area contributed by atoms with Crippen molar-refractivity contribution in [3.63, 3.8) is 0 Å². The highest BCUT2D eigenvalue weighted by Crippen LogP contribution is 2.13. The van der Waals surface area contributed by atoms with Crippen LogP contribution in [0.1, 0.15) is 5.56 Å². The van der Waals surface area contributed by atoms with Crippen LogP contribution < -0.4 is 0 Å². The van der Waals surface area contributed by atoms with E-state index in [0.29, 0.717) is 0 Å². The lowest BCUT2D eigenvalue weighted by Crippen LogP contribution is -1.70. The summed E-state index contributed by atoms with van der Waals surface area (Å²) in [6.07, 6.45) is 2.07. The highest BCUT2D eigenvalue weighted by atomic mass is 32.2. The molecule has 0 saturated carbocycles. The average Bonchev–Trinajstić information content (AvgIpc) is 1.90. The summed E-state index contributed by atoms with van der Waals surface area (Å²) in [5.41, 5.74) is 1.08. The van der Waals surface area contributed by atoms with Crippen molar-refractivity contribution in [3.8, 4) is 0 Å². The van der Waals surface area contributed by atoms with Gasteiger partial charge in [0.05, 0.1) is 0 Å². The topological polar surface area (TPSA) is 0 Å². The Morgan fingerprint density at radius 1 is 1.22 bits per heavy atom. The van der Waals surface area contributed by atoms with E-state index in [2.05, 4.69) is 25.3 Å². The first-order valence-electron chi connectivity index (χ1n) is 2.79. The van der Waals surface area contributed by atoms with Gasteiger partial charge in [-0.1, -0.05) is 0 Å². The van der Waals surface area contributed by atoms with E-state index in [-0.39, 0.29) is 0 Å². The Hall–Kier alpha value is -0.560. The molecule has 1 heteroatoms. The van der Waals surface area contributed by atoms with Crippen LogP contribution >= 0.6 is 11.8 Å². The summed E-state index contributed by atoms with van der Waals surface area (Å²) in [6, 6.07) is 8.19. The zero-order valence-corrected chi connectivity index (χ0v) is 6.24. The fraction of sp³-hybridized carbons (Fsp3) is 0.125. The normalized spacial score (nSPS) is 9.44. The van der Waals surface area contributed by atoms with E-state index in [1.165, 1.54) is 4.90 Å². The molecule has 1 aromatic carbocycles. The molecular weight excluding hydrogens is 128 g/mol. The monoisotopic (exact) mass is 137 g/mol. The molecule has 0 spiro atoms. The fourth-order valence-corrected chi connectivity index (χ4v) is 1.03. The lowest BCUT2D eigenvalue weighted by Gasteiger charge is -2.01. The van der Waals surface area contributed by atoms with Gasteiger partial charge < -0.3 is 0 Å². The van der Waals surface area contributed by atoms with E-state index in [1.807, 2.05) is 12.1 Å². The van der Waals surface area contributed by atoms with E-state index in [0.717, 1.165) is 5.56 Å². The van der Waals surface area contributed by atoms with Crippen molar-refractivity contribution in [3.05, 3.63) is 36.8 Å². The molecule has 0 saturated heterocycles. The molecule has 0 radical (unpaired) electrons. The molecule has 0 aliphatic rings. The van der Waals surface area contributed by atoms with Crippen molar-refractivity contribution < 1.29 is 0 Å². The molecule has 0 unspecified atom stereocenters. The summed E-state index contributed by atoms with van der Waals surface area (Å²) in [4.78, 5) is 1.29. The van der Waals surface area contributed by atoms with Gasteiger partial charge in [-0.15, -0.1) is 23.9 Å². The number of thioether (sulfide) groups is 1. The summed E-state index contributed by atoms with van der Waals surface area (Å²) in [5, 5.41) is 0. The Morgan fingerprint density at radius 2 is 1.78 bits per heavy atom. The van der Waals surface area contributed by atoms with E-state index in [1.54, 1.807) is 11.8 Å². The first-order chi connectivity index (χ1) is 4.33. The van der Waals surface area contributed by atoms with Crippen LogP contribution in [0.3, 0.4) is 0 Å². The molecule has 1 rings (SSSR count). The van der Waals surface area contributed by atoms with Crippen molar-refractivity contribution in [1.29, 1.82) is 0 Å². The van der Waals surface area contributed by atoms with Gasteiger partial charge in [-0.05, 0) is 11.2 Å². The van der Waals surface area contributed by atoms with Crippen molar-refractivity contribution in [2.75, 3.05) is 6.26 Å². The molecule has 0 bridgehead atoms. The molecule has 0 atom stereocenters. The van der Waals surface area contributed by atoms with Crippen LogP contribution in [0.4, 0.5) is 0 Å².